The Hall–Kier alpha value is -1.68. The van der Waals surface area contributed by atoms with E-state index in [2.05, 4.69) is 19.1 Å². The van der Waals surface area contributed by atoms with E-state index in [-0.39, 0.29) is 11.4 Å². The summed E-state index contributed by atoms with van der Waals surface area (Å²) < 4.78 is 5.71. The molecule has 3 aliphatic carbocycles. The van der Waals surface area contributed by atoms with Crippen LogP contribution in [0.1, 0.15) is 81.8 Å². The highest BCUT2D eigenvalue weighted by Gasteiger charge is 2.54. The van der Waals surface area contributed by atoms with E-state index in [1.165, 1.54) is 49.9 Å². The second kappa shape index (κ2) is 8.11. The Morgan fingerprint density at radius 1 is 1.13 bits per heavy atom. The summed E-state index contributed by atoms with van der Waals surface area (Å²) in [6, 6.07) is 6.33. The van der Waals surface area contributed by atoms with Crippen LogP contribution >= 0.6 is 0 Å². The van der Waals surface area contributed by atoms with Crippen LogP contribution in [0, 0.1) is 17.3 Å². The Bertz CT molecular complexity index is 828. The highest BCUT2D eigenvalue weighted by atomic mass is 16.5. The largest absolute Gasteiger partial charge is 0.426 e. The number of benzene rings is 1. The molecule has 0 bridgehead atoms. The lowest BCUT2D eigenvalue weighted by molar-refractivity contribution is -0.904. The van der Waals surface area contributed by atoms with Crippen LogP contribution in [0.5, 0.6) is 5.75 Å². The highest BCUT2D eigenvalue weighted by Crippen LogP contribution is 2.59. The standard InChI is InChI=1S/C26H35NO3/c1-26-13-11-21-20-8-6-19(30-25(29)12-16-27-14-3-2-4-15-27)17-18(20)5-7-22(21)23(26)9-10-24(26)28/h6,8,17,21-23H,2-5,7,9-16H2,1H3/p+1/t21-,22-,23+,26+/m1/s1. The number of aryl methyl sites for hydroxylation is 1. The number of carbonyl (C=O) groups is 2. The second-order valence-electron chi connectivity index (χ2n) is 10.5. The average molecular weight is 411 g/mol. The molecule has 1 N–H and O–H groups in total. The van der Waals surface area contributed by atoms with Gasteiger partial charge in [0.25, 0.3) is 0 Å². The number of esters is 1. The third-order valence-electron chi connectivity index (χ3n) is 8.88. The number of Topliss-reactive ketones (excluding diaryl/α,β-unsaturated/α-hetero) is 1. The summed E-state index contributed by atoms with van der Waals surface area (Å²) in [7, 11) is 0. The Balaban J connectivity index is 1.23. The molecular formula is C26H36NO3+. The van der Waals surface area contributed by atoms with E-state index in [0.29, 0.717) is 35.7 Å². The molecule has 1 aromatic rings. The first kappa shape index (κ1) is 20.2. The number of hydrogen-bond donors (Lipinski definition) is 1. The lowest BCUT2D eigenvalue weighted by Crippen LogP contribution is -3.12. The topological polar surface area (TPSA) is 47.8 Å². The van der Waals surface area contributed by atoms with Gasteiger partial charge in [-0.25, -0.2) is 0 Å². The van der Waals surface area contributed by atoms with Crippen molar-refractivity contribution in [2.24, 2.45) is 17.3 Å². The summed E-state index contributed by atoms with van der Waals surface area (Å²) in [5.41, 5.74) is 2.74. The van der Waals surface area contributed by atoms with Gasteiger partial charge in [-0.05, 0) is 92.4 Å². The number of ketones is 1. The van der Waals surface area contributed by atoms with Gasteiger partial charge in [-0.2, -0.15) is 0 Å². The molecule has 1 saturated heterocycles. The summed E-state index contributed by atoms with van der Waals surface area (Å²) in [6.45, 7) is 5.51. The van der Waals surface area contributed by atoms with Crippen molar-refractivity contribution >= 4 is 11.8 Å². The molecule has 5 rings (SSSR count). The molecule has 0 spiro atoms. The summed E-state index contributed by atoms with van der Waals surface area (Å²) in [6.07, 6.45) is 10.6. The van der Waals surface area contributed by atoms with E-state index >= 15 is 0 Å². The Kier molecular flexibility index (Phi) is 5.47. The summed E-state index contributed by atoms with van der Waals surface area (Å²) in [5.74, 6) is 2.90. The molecule has 30 heavy (non-hydrogen) atoms. The summed E-state index contributed by atoms with van der Waals surface area (Å²) in [4.78, 5) is 26.4. The van der Waals surface area contributed by atoms with Gasteiger partial charge in [-0.3, -0.25) is 9.59 Å². The van der Waals surface area contributed by atoms with Crippen molar-refractivity contribution in [1.82, 2.24) is 0 Å². The molecular weight excluding hydrogens is 374 g/mol. The second-order valence-corrected chi connectivity index (χ2v) is 10.5. The molecule has 0 radical (unpaired) electrons. The summed E-state index contributed by atoms with van der Waals surface area (Å²) in [5, 5.41) is 0. The first-order valence-corrected chi connectivity index (χ1v) is 12.2. The molecule has 0 amide bonds. The fourth-order valence-electron chi connectivity index (χ4n) is 7.16. The van der Waals surface area contributed by atoms with E-state index in [1.54, 1.807) is 4.90 Å². The maximum atomic E-state index is 12.5. The molecule has 1 aromatic carbocycles. The third kappa shape index (κ3) is 3.62. The van der Waals surface area contributed by atoms with Crippen molar-refractivity contribution < 1.29 is 19.2 Å². The van der Waals surface area contributed by atoms with Gasteiger partial charge >= 0.3 is 5.97 Å². The number of rotatable bonds is 4. The number of nitrogens with one attached hydrogen (secondary N) is 1. The first-order valence-electron chi connectivity index (χ1n) is 12.2. The predicted molar refractivity (Wildman–Crippen MR) is 116 cm³/mol. The number of ether oxygens (including phenoxy) is 1. The van der Waals surface area contributed by atoms with Crippen LogP contribution in [0.3, 0.4) is 0 Å². The van der Waals surface area contributed by atoms with E-state index in [4.69, 9.17) is 4.74 Å². The van der Waals surface area contributed by atoms with Crippen LogP contribution in [0.2, 0.25) is 0 Å². The van der Waals surface area contributed by atoms with Crippen LogP contribution in [0.4, 0.5) is 0 Å². The monoisotopic (exact) mass is 410 g/mol. The number of quaternary nitrogens is 1. The van der Waals surface area contributed by atoms with Crippen LogP contribution in [-0.2, 0) is 16.0 Å². The number of fused-ring (bicyclic) bond motifs is 5. The van der Waals surface area contributed by atoms with Gasteiger partial charge in [0.05, 0.1) is 26.1 Å². The molecule has 2 saturated carbocycles. The third-order valence-corrected chi connectivity index (χ3v) is 8.88. The molecule has 3 fully saturated rings. The van der Waals surface area contributed by atoms with Crippen molar-refractivity contribution in [3.05, 3.63) is 29.3 Å². The first-order chi connectivity index (χ1) is 14.5. The molecule has 0 unspecified atom stereocenters. The number of likely N-dealkylation sites (tertiary alicyclic amines) is 1. The van der Waals surface area contributed by atoms with Gasteiger partial charge in [0, 0.05) is 11.8 Å². The van der Waals surface area contributed by atoms with Gasteiger partial charge in [0.2, 0.25) is 0 Å². The Morgan fingerprint density at radius 2 is 1.97 bits per heavy atom. The molecule has 4 aliphatic rings. The zero-order valence-electron chi connectivity index (χ0n) is 18.4. The Morgan fingerprint density at radius 3 is 2.80 bits per heavy atom. The quantitative estimate of drug-likeness (QED) is 0.611. The zero-order valence-corrected chi connectivity index (χ0v) is 18.4. The van der Waals surface area contributed by atoms with Crippen LogP contribution in [0.15, 0.2) is 18.2 Å². The smallest absolute Gasteiger partial charge is 0.316 e. The molecule has 0 aromatic heterocycles. The minimum atomic E-state index is -0.0976. The van der Waals surface area contributed by atoms with Crippen molar-refractivity contribution in [2.75, 3.05) is 19.6 Å². The van der Waals surface area contributed by atoms with E-state index in [1.807, 2.05) is 6.07 Å². The van der Waals surface area contributed by atoms with Gasteiger partial charge in [0.15, 0.2) is 0 Å². The Labute approximate surface area is 180 Å². The maximum absolute atomic E-state index is 12.5. The lowest BCUT2D eigenvalue weighted by atomic mass is 9.55. The van der Waals surface area contributed by atoms with Gasteiger partial charge in [-0.1, -0.05) is 13.0 Å². The average Bonchev–Trinajstić information content (AvgIpc) is 3.07. The van der Waals surface area contributed by atoms with E-state index < -0.39 is 0 Å². The molecule has 1 aliphatic heterocycles. The normalized spacial score (nSPS) is 33.5. The zero-order chi connectivity index (χ0) is 20.7. The molecule has 162 valence electrons. The van der Waals surface area contributed by atoms with E-state index in [0.717, 1.165) is 38.6 Å². The molecule has 4 atom stereocenters. The van der Waals surface area contributed by atoms with Crippen LogP contribution in [-0.4, -0.2) is 31.4 Å². The van der Waals surface area contributed by atoms with Crippen LogP contribution < -0.4 is 9.64 Å². The minimum Gasteiger partial charge on any atom is -0.426 e. The highest BCUT2D eigenvalue weighted by molar-refractivity contribution is 5.87. The van der Waals surface area contributed by atoms with Crippen molar-refractivity contribution in [3.63, 3.8) is 0 Å². The van der Waals surface area contributed by atoms with Crippen molar-refractivity contribution in [2.45, 2.75) is 77.0 Å². The van der Waals surface area contributed by atoms with Crippen molar-refractivity contribution in [1.29, 1.82) is 0 Å². The summed E-state index contributed by atoms with van der Waals surface area (Å²) >= 11 is 0. The fourth-order valence-corrected chi connectivity index (χ4v) is 7.16. The maximum Gasteiger partial charge on any atom is 0.316 e. The molecule has 1 heterocycles. The van der Waals surface area contributed by atoms with Gasteiger partial charge < -0.3 is 9.64 Å². The van der Waals surface area contributed by atoms with Crippen molar-refractivity contribution in [3.8, 4) is 5.75 Å². The van der Waals surface area contributed by atoms with Crippen LogP contribution in [0.25, 0.3) is 0 Å². The lowest BCUT2D eigenvalue weighted by Gasteiger charge is -2.48. The number of hydrogen-bond acceptors (Lipinski definition) is 3. The number of piperidine rings is 1. The molecule has 4 nitrogen and oxygen atoms in total. The SMILES string of the molecule is C[C@]12CC[C@@H]3c4ccc(OC(=O)CC[NH+]5CCCCC5)cc4CC[C@H]3[C@@H]1CCC2=O. The predicted octanol–water partition coefficient (Wildman–Crippen LogP) is 3.48. The van der Waals surface area contributed by atoms with E-state index in [9.17, 15) is 9.59 Å². The number of carbonyl (C=O) groups excluding carboxylic acids is 2. The minimum absolute atomic E-state index is 0.0650. The van der Waals surface area contributed by atoms with Gasteiger partial charge in [0.1, 0.15) is 11.5 Å². The molecule has 4 heteroatoms. The van der Waals surface area contributed by atoms with Gasteiger partial charge in [-0.15, -0.1) is 0 Å². The fraction of sp³-hybridized carbons (Fsp3) is 0.692.